The number of thioether (sulfide) groups is 1. The van der Waals surface area contributed by atoms with Crippen LogP contribution in [0.5, 0.6) is 11.5 Å². The van der Waals surface area contributed by atoms with E-state index >= 15 is 0 Å². The molecule has 156 valence electrons. The van der Waals surface area contributed by atoms with E-state index < -0.39 is 0 Å². The molecule has 0 aliphatic carbocycles. The number of aryl methyl sites for hydroxylation is 1. The normalized spacial score (nSPS) is 10.5. The number of carbonyl (C=O) groups excluding carboxylic acids is 1. The highest BCUT2D eigenvalue weighted by atomic mass is 32.2. The van der Waals surface area contributed by atoms with Gasteiger partial charge in [-0.15, -0.1) is 11.8 Å². The van der Waals surface area contributed by atoms with Gasteiger partial charge in [0, 0.05) is 17.2 Å². The molecule has 0 saturated carbocycles. The Hall–Kier alpha value is -2.92. The van der Waals surface area contributed by atoms with Crippen LogP contribution < -0.4 is 14.8 Å². The fourth-order valence-electron chi connectivity index (χ4n) is 3.14. The van der Waals surface area contributed by atoms with Crippen molar-refractivity contribution in [1.82, 2.24) is 5.32 Å². The van der Waals surface area contributed by atoms with E-state index in [0.29, 0.717) is 6.54 Å². The Labute approximate surface area is 182 Å². The molecule has 0 fully saturated rings. The molecule has 30 heavy (non-hydrogen) atoms. The van der Waals surface area contributed by atoms with Gasteiger partial charge in [0.2, 0.25) is 0 Å². The van der Waals surface area contributed by atoms with E-state index in [-0.39, 0.29) is 5.91 Å². The predicted octanol–water partition coefficient (Wildman–Crippen LogP) is 5.36. The molecule has 0 heterocycles. The zero-order valence-corrected chi connectivity index (χ0v) is 18.2. The van der Waals surface area contributed by atoms with Gasteiger partial charge in [-0.3, -0.25) is 4.79 Å². The van der Waals surface area contributed by atoms with Crippen LogP contribution in [0.3, 0.4) is 0 Å². The molecule has 0 aliphatic heterocycles. The Morgan fingerprint density at radius 3 is 2.37 bits per heavy atom. The molecule has 3 aromatic carbocycles. The molecule has 5 heteroatoms. The van der Waals surface area contributed by atoms with E-state index in [4.69, 9.17) is 9.47 Å². The van der Waals surface area contributed by atoms with E-state index in [2.05, 4.69) is 17.4 Å². The molecule has 3 aromatic rings. The van der Waals surface area contributed by atoms with E-state index in [0.717, 1.165) is 46.1 Å². The quantitative estimate of drug-likeness (QED) is 0.354. The zero-order valence-electron chi connectivity index (χ0n) is 17.4. The molecule has 1 N–H and O–H groups in total. The molecule has 0 bridgehead atoms. The van der Waals surface area contributed by atoms with Crippen molar-refractivity contribution in [3.8, 4) is 11.5 Å². The standard InChI is InChI=1S/C25H27NO3S/c1-28-22-15-14-19(17-23(22)29-2)11-8-16-26-25(27)21-12-6-7-13-24(21)30-18-20-9-4-3-5-10-20/h3-7,9-10,12-15,17H,8,11,16,18H2,1-2H3,(H,26,27). The summed E-state index contributed by atoms with van der Waals surface area (Å²) in [5.74, 6) is 2.26. The van der Waals surface area contributed by atoms with Gasteiger partial charge in [0.25, 0.3) is 5.91 Å². The Morgan fingerprint density at radius 1 is 0.867 bits per heavy atom. The summed E-state index contributed by atoms with van der Waals surface area (Å²) < 4.78 is 10.6. The molecule has 0 aliphatic rings. The minimum absolute atomic E-state index is 0.0292. The van der Waals surface area contributed by atoms with Crippen molar-refractivity contribution < 1.29 is 14.3 Å². The second kappa shape index (κ2) is 11.3. The first-order valence-corrected chi connectivity index (χ1v) is 10.9. The van der Waals surface area contributed by atoms with Crippen LogP contribution in [0.1, 0.15) is 27.9 Å². The van der Waals surface area contributed by atoms with Crippen LogP contribution >= 0.6 is 11.8 Å². The minimum Gasteiger partial charge on any atom is -0.493 e. The molecule has 0 radical (unpaired) electrons. The average molecular weight is 422 g/mol. The highest BCUT2D eigenvalue weighted by molar-refractivity contribution is 7.98. The molecule has 0 aromatic heterocycles. The van der Waals surface area contributed by atoms with Crippen molar-refractivity contribution >= 4 is 17.7 Å². The largest absolute Gasteiger partial charge is 0.493 e. The first-order chi connectivity index (χ1) is 14.7. The second-order valence-electron chi connectivity index (χ2n) is 6.82. The van der Waals surface area contributed by atoms with Gasteiger partial charge in [0.15, 0.2) is 11.5 Å². The summed E-state index contributed by atoms with van der Waals surface area (Å²) in [6, 6.07) is 24.0. The number of nitrogens with one attached hydrogen (secondary N) is 1. The maximum Gasteiger partial charge on any atom is 0.252 e. The smallest absolute Gasteiger partial charge is 0.252 e. The number of ether oxygens (including phenoxy) is 2. The highest BCUT2D eigenvalue weighted by Gasteiger charge is 2.11. The lowest BCUT2D eigenvalue weighted by Crippen LogP contribution is -2.25. The van der Waals surface area contributed by atoms with Crippen LogP contribution in [0.25, 0.3) is 0 Å². The van der Waals surface area contributed by atoms with Crippen molar-refractivity contribution in [3.05, 3.63) is 89.5 Å². The topological polar surface area (TPSA) is 47.6 Å². The fourth-order valence-corrected chi connectivity index (χ4v) is 4.15. The van der Waals surface area contributed by atoms with Gasteiger partial charge in [-0.2, -0.15) is 0 Å². The lowest BCUT2D eigenvalue weighted by molar-refractivity contribution is 0.0950. The molecule has 0 saturated heterocycles. The molecule has 4 nitrogen and oxygen atoms in total. The van der Waals surface area contributed by atoms with Crippen LogP contribution in [0.15, 0.2) is 77.7 Å². The summed E-state index contributed by atoms with van der Waals surface area (Å²) in [4.78, 5) is 13.7. The summed E-state index contributed by atoms with van der Waals surface area (Å²) >= 11 is 1.69. The van der Waals surface area contributed by atoms with Crippen molar-refractivity contribution in [1.29, 1.82) is 0 Å². The number of benzene rings is 3. The monoisotopic (exact) mass is 421 g/mol. The molecule has 3 rings (SSSR count). The average Bonchev–Trinajstić information content (AvgIpc) is 2.81. The predicted molar refractivity (Wildman–Crippen MR) is 123 cm³/mol. The van der Waals surface area contributed by atoms with Crippen molar-refractivity contribution in [2.75, 3.05) is 20.8 Å². The number of hydrogen-bond donors (Lipinski definition) is 1. The third-order valence-electron chi connectivity index (χ3n) is 4.74. The van der Waals surface area contributed by atoms with Gasteiger partial charge in [0.1, 0.15) is 0 Å². The van der Waals surface area contributed by atoms with E-state index in [9.17, 15) is 4.79 Å². The van der Waals surface area contributed by atoms with Gasteiger partial charge in [0.05, 0.1) is 19.8 Å². The summed E-state index contributed by atoms with van der Waals surface area (Å²) in [6.07, 6.45) is 1.70. The fraction of sp³-hybridized carbons (Fsp3) is 0.240. The number of rotatable bonds is 10. The van der Waals surface area contributed by atoms with Gasteiger partial charge < -0.3 is 14.8 Å². The van der Waals surface area contributed by atoms with Crippen LogP contribution in [0, 0.1) is 0 Å². The van der Waals surface area contributed by atoms with Gasteiger partial charge in [-0.05, 0) is 48.2 Å². The SMILES string of the molecule is COc1ccc(CCCNC(=O)c2ccccc2SCc2ccccc2)cc1OC. The van der Waals surface area contributed by atoms with Crippen molar-refractivity contribution in [2.24, 2.45) is 0 Å². The summed E-state index contributed by atoms with van der Waals surface area (Å²) in [6.45, 7) is 0.616. The summed E-state index contributed by atoms with van der Waals surface area (Å²) in [5.41, 5.74) is 3.12. The zero-order chi connectivity index (χ0) is 21.2. The maximum atomic E-state index is 12.7. The number of carbonyl (C=O) groups is 1. The third-order valence-corrected chi connectivity index (χ3v) is 5.89. The van der Waals surface area contributed by atoms with E-state index in [1.54, 1.807) is 26.0 Å². The Kier molecular flexibility index (Phi) is 8.21. The van der Waals surface area contributed by atoms with Crippen LogP contribution in [0.4, 0.5) is 0 Å². The van der Waals surface area contributed by atoms with E-state index in [1.807, 2.05) is 60.7 Å². The van der Waals surface area contributed by atoms with Crippen molar-refractivity contribution in [3.63, 3.8) is 0 Å². The first-order valence-electron chi connectivity index (χ1n) is 9.96. The van der Waals surface area contributed by atoms with Crippen molar-refractivity contribution in [2.45, 2.75) is 23.5 Å². The van der Waals surface area contributed by atoms with E-state index in [1.165, 1.54) is 5.56 Å². The summed E-state index contributed by atoms with van der Waals surface area (Å²) in [7, 11) is 3.26. The number of amides is 1. The van der Waals surface area contributed by atoms with Crippen LogP contribution in [0.2, 0.25) is 0 Å². The number of hydrogen-bond acceptors (Lipinski definition) is 4. The van der Waals surface area contributed by atoms with Gasteiger partial charge in [-0.25, -0.2) is 0 Å². The Morgan fingerprint density at radius 2 is 1.60 bits per heavy atom. The third kappa shape index (κ3) is 6.04. The highest BCUT2D eigenvalue weighted by Crippen LogP contribution is 2.28. The first kappa shape index (κ1) is 21.8. The molecule has 0 spiro atoms. The molecular formula is C25H27NO3S. The van der Waals surface area contributed by atoms with Gasteiger partial charge in [-0.1, -0.05) is 48.5 Å². The molecule has 0 atom stereocenters. The van der Waals surface area contributed by atoms with Gasteiger partial charge >= 0.3 is 0 Å². The molecular weight excluding hydrogens is 394 g/mol. The minimum atomic E-state index is -0.0292. The van der Waals surface area contributed by atoms with Crippen LogP contribution in [-0.2, 0) is 12.2 Å². The Bertz CT molecular complexity index is 960. The molecule has 0 unspecified atom stereocenters. The lowest BCUT2D eigenvalue weighted by Gasteiger charge is -2.11. The maximum absolute atomic E-state index is 12.7. The summed E-state index contributed by atoms with van der Waals surface area (Å²) in [5, 5.41) is 3.05. The second-order valence-corrected chi connectivity index (χ2v) is 7.84. The Balaban J connectivity index is 1.51. The number of methoxy groups -OCH3 is 2. The van der Waals surface area contributed by atoms with Crippen LogP contribution in [-0.4, -0.2) is 26.7 Å². The lowest BCUT2D eigenvalue weighted by atomic mass is 10.1. The molecule has 1 amide bonds.